The standard InChI is InChI=1S/C10H13FN2O2/c1-13-5-7-4-8(11)2-3-9(7)15-6-10(12)14/h2-4,13H,5-6H2,1H3,(H2,12,14). The van der Waals surface area contributed by atoms with Gasteiger partial charge < -0.3 is 15.8 Å². The Bertz CT molecular complexity index is 355. The van der Waals surface area contributed by atoms with Gasteiger partial charge in [0.25, 0.3) is 5.91 Å². The van der Waals surface area contributed by atoms with E-state index >= 15 is 0 Å². The van der Waals surface area contributed by atoms with Crippen LogP contribution in [0.25, 0.3) is 0 Å². The molecule has 0 spiro atoms. The Morgan fingerprint density at radius 3 is 2.93 bits per heavy atom. The SMILES string of the molecule is CNCc1cc(F)ccc1OCC(N)=O. The molecule has 1 amide bonds. The van der Waals surface area contributed by atoms with Gasteiger partial charge in [0, 0.05) is 12.1 Å². The van der Waals surface area contributed by atoms with Gasteiger partial charge in [0.2, 0.25) is 0 Å². The Morgan fingerprint density at radius 2 is 2.33 bits per heavy atom. The Hall–Kier alpha value is -1.62. The Kier molecular flexibility index (Phi) is 4.05. The zero-order valence-corrected chi connectivity index (χ0v) is 8.42. The number of nitrogens with two attached hydrogens (primary N) is 1. The molecule has 1 aromatic rings. The van der Waals surface area contributed by atoms with Gasteiger partial charge in [-0.2, -0.15) is 0 Å². The van der Waals surface area contributed by atoms with Gasteiger partial charge in [-0.3, -0.25) is 4.79 Å². The van der Waals surface area contributed by atoms with Gasteiger partial charge in [-0.05, 0) is 25.2 Å². The van der Waals surface area contributed by atoms with Crippen molar-refractivity contribution in [3.05, 3.63) is 29.6 Å². The molecule has 0 aliphatic carbocycles. The number of halogens is 1. The molecule has 15 heavy (non-hydrogen) atoms. The molecule has 0 aliphatic rings. The van der Waals surface area contributed by atoms with E-state index in [1.54, 1.807) is 7.05 Å². The second-order valence-corrected chi connectivity index (χ2v) is 3.04. The first kappa shape index (κ1) is 11.5. The van der Waals surface area contributed by atoms with E-state index in [4.69, 9.17) is 10.5 Å². The highest BCUT2D eigenvalue weighted by Gasteiger charge is 2.05. The molecule has 0 aliphatic heterocycles. The molecule has 4 nitrogen and oxygen atoms in total. The van der Waals surface area contributed by atoms with Crippen molar-refractivity contribution in [1.82, 2.24) is 5.32 Å². The molecule has 5 heteroatoms. The van der Waals surface area contributed by atoms with Gasteiger partial charge in [-0.1, -0.05) is 0 Å². The molecule has 0 saturated heterocycles. The van der Waals surface area contributed by atoms with Crippen LogP contribution in [0.15, 0.2) is 18.2 Å². The third-order valence-corrected chi connectivity index (χ3v) is 1.76. The minimum Gasteiger partial charge on any atom is -0.483 e. The van der Waals surface area contributed by atoms with E-state index in [9.17, 15) is 9.18 Å². The summed E-state index contributed by atoms with van der Waals surface area (Å²) in [4.78, 5) is 10.5. The van der Waals surface area contributed by atoms with Crippen LogP contribution in [-0.2, 0) is 11.3 Å². The summed E-state index contributed by atoms with van der Waals surface area (Å²) in [6.45, 7) is 0.258. The van der Waals surface area contributed by atoms with Gasteiger partial charge in [0.1, 0.15) is 11.6 Å². The van der Waals surface area contributed by atoms with Crippen LogP contribution in [0.4, 0.5) is 4.39 Å². The van der Waals surface area contributed by atoms with Gasteiger partial charge in [-0.15, -0.1) is 0 Å². The summed E-state index contributed by atoms with van der Waals surface area (Å²) in [6, 6.07) is 4.10. The molecule has 82 valence electrons. The first-order valence-electron chi connectivity index (χ1n) is 4.47. The number of hydrogen-bond donors (Lipinski definition) is 2. The molecule has 0 unspecified atom stereocenters. The van der Waals surface area contributed by atoms with Crippen LogP contribution in [0.3, 0.4) is 0 Å². The number of hydrogen-bond acceptors (Lipinski definition) is 3. The van der Waals surface area contributed by atoms with E-state index in [1.807, 2.05) is 0 Å². The minimum absolute atomic E-state index is 0.206. The van der Waals surface area contributed by atoms with Gasteiger partial charge in [-0.25, -0.2) is 4.39 Å². The quantitative estimate of drug-likeness (QED) is 0.743. The molecule has 0 heterocycles. The fourth-order valence-corrected chi connectivity index (χ4v) is 1.17. The number of carbonyl (C=O) groups excluding carboxylic acids is 1. The molecule has 3 N–H and O–H groups in total. The summed E-state index contributed by atoms with van der Waals surface area (Å²) in [5, 5.41) is 2.88. The normalized spacial score (nSPS) is 10.0. The van der Waals surface area contributed by atoms with E-state index in [2.05, 4.69) is 5.32 Å². The number of ether oxygens (including phenoxy) is 1. The van der Waals surface area contributed by atoms with E-state index < -0.39 is 5.91 Å². The molecule has 0 radical (unpaired) electrons. The summed E-state index contributed by atoms with van der Waals surface area (Å²) in [6.07, 6.45) is 0. The molecule has 0 fully saturated rings. The highest BCUT2D eigenvalue weighted by atomic mass is 19.1. The first-order chi connectivity index (χ1) is 7.13. The maximum absolute atomic E-state index is 12.9. The fourth-order valence-electron chi connectivity index (χ4n) is 1.17. The van der Waals surface area contributed by atoms with Crippen molar-refractivity contribution in [2.45, 2.75) is 6.54 Å². The van der Waals surface area contributed by atoms with Gasteiger partial charge >= 0.3 is 0 Å². The zero-order valence-electron chi connectivity index (χ0n) is 8.42. The molecule has 1 rings (SSSR count). The number of benzene rings is 1. The maximum Gasteiger partial charge on any atom is 0.255 e. The summed E-state index contributed by atoms with van der Waals surface area (Å²) in [5.74, 6) is -0.439. The first-order valence-corrected chi connectivity index (χ1v) is 4.47. The van der Waals surface area contributed by atoms with Crippen molar-refractivity contribution in [2.24, 2.45) is 5.73 Å². The van der Waals surface area contributed by atoms with Crippen molar-refractivity contribution in [2.75, 3.05) is 13.7 Å². The molecule has 0 aromatic heterocycles. The van der Waals surface area contributed by atoms with Gasteiger partial charge in [0.15, 0.2) is 6.61 Å². The fraction of sp³-hybridized carbons (Fsp3) is 0.300. The Balaban J connectivity index is 2.80. The number of nitrogens with one attached hydrogen (secondary N) is 1. The monoisotopic (exact) mass is 212 g/mol. The predicted octanol–water partition coefficient (Wildman–Crippen LogP) is 0.409. The minimum atomic E-state index is -0.560. The topological polar surface area (TPSA) is 64.3 Å². The highest BCUT2D eigenvalue weighted by molar-refractivity contribution is 5.75. The molecule has 0 atom stereocenters. The van der Waals surface area contributed by atoms with Gasteiger partial charge in [0.05, 0.1) is 0 Å². The van der Waals surface area contributed by atoms with E-state index in [-0.39, 0.29) is 12.4 Å². The lowest BCUT2D eigenvalue weighted by atomic mass is 10.2. The van der Waals surface area contributed by atoms with Crippen molar-refractivity contribution in [1.29, 1.82) is 0 Å². The molecule has 0 saturated carbocycles. The average Bonchev–Trinajstić information content (AvgIpc) is 2.17. The molecular weight excluding hydrogens is 199 g/mol. The second kappa shape index (κ2) is 5.31. The van der Waals surface area contributed by atoms with Crippen LogP contribution in [0.2, 0.25) is 0 Å². The van der Waals surface area contributed by atoms with Crippen LogP contribution in [0.1, 0.15) is 5.56 Å². The lowest BCUT2D eigenvalue weighted by Gasteiger charge is -2.09. The van der Waals surface area contributed by atoms with Crippen LogP contribution in [0.5, 0.6) is 5.75 Å². The van der Waals surface area contributed by atoms with Crippen molar-refractivity contribution in [3.63, 3.8) is 0 Å². The number of primary amides is 1. The Labute approximate surface area is 87.2 Å². The average molecular weight is 212 g/mol. The molecular formula is C10H13FN2O2. The highest BCUT2D eigenvalue weighted by Crippen LogP contribution is 2.19. The number of rotatable bonds is 5. The van der Waals surface area contributed by atoms with Crippen molar-refractivity contribution in [3.8, 4) is 5.75 Å². The van der Waals surface area contributed by atoms with Crippen molar-refractivity contribution < 1.29 is 13.9 Å². The summed E-state index contributed by atoms with van der Waals surface area (Å²) >= 11 is 0. The predicted molar refractivity (Wildman–Crippen MR) is 53.9 cm³/mol. The number of amides is 1. The van der Waals surface area contributed by atoms with Crippen LogP contribution >= 0.6 is 0 Å². The van der Waals surface area contributed by atoms with E-state index in [0.717, 1.165) is 0 Å². The van der Waals surface area contributed by atoms with Crippen LogP contribution < -0.4 is 15.8 Å². The van der Waals surface area contributed by atoms with Crippen LogP contribution in [-0.4, -0.2) is 19.6 Å². The number of carbonyl (C=O) groups is 1. The molecule has 1 aromatic carbocycles. The molecule has 0 bridgehead atoms. The lowest BCUT2D eigenvalue weighted by molar-refractivity contribution is -0.119. The largest absolute Gasteiger partial charge is 0.483 e. The summed E-state index contributed by atoms with van der Waals surface area (Å²) in [7, 11) is 1.74. The Morgan fingerprint density at radius 1 is 1.60 bits per heavy atom. The van der Waals surface area contributed by atoms with Crippen LogP contribution in [0, 0.1) is 5.82 Å². The zero-order chi connectivity index (χ0) is 11.3. The summed E-state index contributed by atoms with van der Waals surface area (Å²) in [5.41, 5.74) is 5.59. The maximum atomic E-state index is 12.9. The second-order valence-electron chi connectivity index (χ2n) is 3.04. The lowest BCUT2D eigenvalue weighted by Crippen LogP contribution is -2.20. The van der Waals surface area contributed by atoms with E-state index in [0.29, 0.717) is 17.9 Å². The smallest absolute Gasteiger partial charge is 0.255 e. The third kappa shape index (κ3) is 3.55. The van der Waals surface area contributed by atoms with E-state index in [1.165, 1.54) is 18.2 Å². The summed E-state index contributed by atoms with van der Waals surface area (Å²) < 4.78 is 18.0. The van der Waals surface area contributed by atoms with Crippen molar-refractivity contribution >= 4 is 5.91 Å². The third-order valence-electron chi connectivity index (χ3n) is 1.76.